The molecule has 0 heterocycles. The van der Waals surface area contributed by atoms with Crippen LogP contribution in [-0.4, -0.2) is 5.24 Å². The third-order valence-electron chi connectivity index (χ3n) is 5.84. The zero-order valence-electron chi connectivity index (χ0n) is 13.1. The van der Waals surface area contributed by atoms with Crippen molar-refractivity contribution in [1.82, 2.24) is 0 Å². The molecule has 0 aromatic carbocycles. The summed E-state index contributed by atoms with van der Waals surface area (Å²) in [5.41, 5.74) is -0.152. The third-order valence-corrected chi connectivity index (χ3v) is 6.24. The van der Waals surface area contributed by atoms with Crippen LogP contribution in [0, 0.1) is 17.3 Å². The lowest BCUT2D eigenvalue weighted by molar-refractivity contribution is -0.123. The van der Waals surface area contributed by atoms with Crippen molar-refractivity contribution in [2.75, 3.05) is 0 Å². The van der Waals surface area contributed by atoms with Crippen LogP contribution in [0.4, 0.5) is 0 Å². The molecule has 2 fully saturated rings. The SMILES string of the molecule is CCCCC1CCC(CC2(C(=O)Cl)CCCCC2)CC1. The maximum absolute atomic E-state index is 12.0. The highest BCUT2D eigenvalue weighted by Gasteiger charge is 2.40. The molecular formula is C18H31ClO. The molecule has 2 heteroatoms. The van der Waals surface area contributed by atoms with Gasteiger partial charge in [0.1, 0.15) is 0 Å². The summed E-state index contributed by atoms with van der Waals surface area (Å²) in [4.78, 5) is 12.0. The van der Waals surface area contributed by atoms with Crippen LogP contribution in [-0.2, 0) is 4.79 Å². The molecule has 0 amide bonds. The maximum atomic E-state index is 12.0. The molecule has 0 aromatic heterocycles. The first-order chi connectivity index (χ1) is 9.66. The van der Waals surface area contributed by atoms with Crippen molar-refractivity contribution >= 4 is 16.8 Å². The highest BCUT2D eigenvalue weighted by atomic mass is 35.5. The fraction of sp³-hybridized carbons (Fsp3) is 0.944. The molecule has 2 aliphatic carbocycles. The summed E-state index contributed by atoms with van der Waals surface area (Å²) in [6, 6.07) is 0. The van der Waals surface area contributed by atoms with Crippen molar-refractivity contribution in [2.24, 2.45) is 17.3 Å². The van der Waals surface area contributed by atoms with Crippen molar-refractivity contribution in [3.8, 4) is 0 Å². The van der Waals surface area contributed by atoms with E-state index in [2.05, 4.69) is 6.92 Å². The summed E-state index contributed by atoms with van der Waals surface area (Å²) in [5, 5.41) is -0.0368. The van der Waals surface area contributed by atoms with E-state index in [1.807, 2.05) is 0 Å². The summed E-state index contributed by atoms with van der Waals surface area (Å²) in [6.07, 6.45) is 16.4. The predicted molar refractivity (Wildman–Crippen MR) is 86.0 cm³/mol. The number of hydrogen-bond donors (Lipinski definition) is 0. The number of rotatable bonds is 6. The standard InChI is InChI=1S/C18H31ClO/c1-2-3-7-15-8-10-16(11-9-15)14-18(17(19)20)12-5-4-6-13-18/h15-16H,2-14H2,1H3. The lowest BCUT2D eigenvalue weighted by Crippen LogP contribution is -2.33. The van der Waals surface area contributed by atoms with Crippen LogP contribution >= 0.6 is 11.6 Å². The number of halogens is 1. The average Bonchev–Trinajstić information content (AvgIpc) is 2.47. The van der Waals surface area contributed by atoms with Crippen LogP contribution in [0.1, 0.15) is 90.4 Å². The summed E-state index contributed by atoms with van der Waals surface area (Å²) < 4.78 is 0. The first-order valence-corrected chi connectivity index (χ1v) is 9.24. The topological polar surface area (TPSA) is 17.1 Å². The van der Waals surface area contributed by atoms with Crippen LogP contribution in [0.3, 0.4) is 0 Å². The van der Waals surface area contributed by atoms with E-state index in [0.717, 1.165) is 31.1 Å². The molecule has 2 saturated carbocycles. The lowest BCUT2D eigenvalue weighted by atomic mass is 9.66. The molecule has 0 unspecified atom stereocenters. The van der Waals surface area contributed by atoms with E-state index in [-0.39, 0.29) is 10.7 Å². The Hall–Kier alpha value is -0.0400. The molecule has 2 rings (SSSR count). The van der Waals surface area contributed by atoms with Gasteiger partial charge in [0.2, 0.25) is 5.24 Å². The Labute approximate surface area is 129 Å². The average molecular weight is 299 g/mol. The van der Waals surface area contributed by atoms with Gasteiger partial charge < -0.3 is 0 Å². The maximum Gasteiger partial charge on any atom is 0.227 e. The predicted octanol–water partition coefficient (Wildman–Crippen LogP) is 6.09. The van der Waals surface area contributed by atoms with Crippen molar-refractivity contribution < 1.29 is 4.79 Å². The van der Waals surface area contributed by atoms with E-state index in [4.69, 9.17) is 11.6 Å². The van der Waals surface area contributed by atoms with Crippen molar-refractivity contribution in [1.29, 1.82) is 0 Å². The fourth-order valence-electron chi connectivity index (χ4n) is 4.48. The zero-order valence-corrected chi connectivity index (χ0v) is 13.9. The summed E-state index contributed by atoms with van der Waals surface area (Å²) >= 11 is 5.99. The molecule has 116 valence electrons. The second-order valence-electron chi connectivity index (χ2n) is 7.35. The number of carbonyl (C=O) groups excluding carboxylic acids is 1. The molecule has 0 aromatic rings. The Morgan fingerprint density at radius 2 is 1.65 bits per heavy atom. The van der Waals surface area contributed by atoms with Gasteiger partial charge in [0.05, 0.1) is 0 Å². The summed E-state index contributed by atoms with van der Waals surface area (Å²) in [7, 11) is 0. The Morgan fingerprint density at radius 1 is 1.05 bits per heavy atom. The minimum Gasteiger partial charge on any atom is -0.281 e. The molecule has 2 aliphatic rings. The van der Waals surface area contributed by atoms with Gasteiger partial charge in [0, 0.05) is 5.41 Å². The van der Waals surface area contributed by atoms with E-state index in [1.165, 1.54) is 64.2 Å². The Bertz CT molecular complexity index is 299. The van der Waals surface area contributed by atoms with Crippen LogP contribution in [0.2, 0.25) is 0 Å². The minimum atomic E-state index is -0.152. The van der Waals surface area contributed by atoms with Gasteiger partial charge >= 0.3 is 0 Å². The highest BCUT2D eigenvalue weighted by molar-refractivity contribution is 6.64. The van der Waals surface area contributed by atoms with Crippen LogP contribution in [0.5, 0.6) is 0 Å². The van der Waals surface area contributed by atoms with Gasteiger partial charge in [0.25, 0.3) is 0 Å². The monoisotopic (exact) mass is 298 g/mol. The van der Waals surface area contributed by atoms with E-state index >= 15 is 0 Å². The summed E-state index contributed by atoms with van der Waals surface area (Å²) in [5.74, 6) is 1.72. The van der Waals surface area contributed by atoms with E-state index in [9.17, 15) is 4.79 Å². The molecule has 0 atom stereocenters. The van der Waals surface area contributed by atoms with E-state index < -0.39 is 0 Å². The van der Waals surface area contributed by atoms with E-state index in [0.29, 0.717) is 0 Å². The molecule has 0 aliphatic heterocycles. The second kappa shape index (κ2) is 7.82. The second-order valence-corrected chi connectivity index (χ2v) is 7.69. The number of unbranched alkanes of at least 4 members (excludes halogenated alkanes) is 1. The van der Waals surface area contributed by atoms with Crippen LogP contribution < -0.4 is 0 Å². The minimum absolute atomic E-state index is 0.0368. The van der Waals surface area contributed by atoms with Crippen molar-refractivity contribution in [3.63, 3.8) is 0 Å². The molecule has 0 saturated heterocycles. The van der Waals surface area contributed by atoms with Gasteiger partial charge in [-0.3, -0.25) is 4.79 Å². The zero-order chi connectivity index (χ0) is 14.4. The Morgan fingerprint density at radius 3 is 2.20 bits per heavy atom. The quantitative estimate of drug-likeness (QED) is 0.542. The molecular weight excluding hydrogens is 268 g/mol. The summed E-state index contributed by atoms with van der Waals surface area (Å²) in [6.45, 7) is 2.28. The van der Waals surface area contributed by atoms with Gasteiger partial charge in [-0.15, -0.1) is 0 Å². The molecule has 1 nitrogen and oxygen atoms in total. The molecule has 0 radical (unpaired) electrons. The highest BCUT2D eigenvalue weighted by Crippen LogP contribution is 2.46. The first kappa shape index (κ1) is 16.3. The Balaban J connectivity index is 1.82. The fourth-order valence-corrected chi connectivity index (χ4v) is 4.75. The molecule has 0 spiro atoms. The van der Waals surface area contributed by atoms with Crippen molar-refractivity contribution in [2.45, 2.75) is 90.4 Å². The van der Waals surface area contributed by atoms with Crippen LogP contribution in [0.25, 0.3) is 0 Å². The normalized spacial score (nSPS) is 30.1. The van der Waals surface area contributed by atoms with Gasteiger partial charge in [-0.1, -0.05) is 71.1 Å². The lowest BCUT2D eigenvalue weighted by Gasteiger charge is -2.39. The molecule has 0 bridgehead atoms. The third kappa shape index (κ3) is 4.23. The van der Waals surface area contributed by atoms with Gasteiger partial charge in [0.15, 0.2) is 0 Å². The smallest absolute Gasteiger partial charge is 0.227 e. The van der Waals surface area contributed by atoms with Crippen molar-refractivity contribution in [3.05, 3.63) is 0 Å². The molecule has 20 heavy (non-hydrogen) atoms. The van der Waals surface area contributed by atoms with Gasteiger partial charge in [-0.25, -0.2) is 0 Å². The largest absolute Gasteiger partial charge is 0.281 e. The molecule has 0 N–H and O–H groups in total. The number of hydrogen-bond acceptors (Lipinski definition) is 1. The van der Waals surface area contributed by atoms with Gasteiger partial charge in [-0.05, 0) is 42.7 Å². The van der Waals surface area contributed by atoms with Crippen LogP contribution in [0.15, 0.2) is 0 Å². The first-order valence-electron chi connectivity index (χ1n) is 8.86. The van der Waals surface area contributed by atoms with E-state index in [1.54, 1.807) is 0 Å². The Kier molecular flexibility index (Phi) is 6.39. The number of carbonyl (C=O) groups is 1. The van der Waals surface area contributed by atoms with Gasteiger partial charge in [-0.2, -0.15) is 0 Å².